The molecule has 2 aromatic rings. The van der Waals surface area contributed by atoms with Crippen LogP contribution in [-0.2, 0) is 4.79 Å². The van der Waals surface area contributed by atoms with Gasteiger partial charge in [0.15, 0.2) is 11.6 Å². The van der Waals surface area contributed by atoms with Crippen LogP contribution >= 0.6 is 23.2 Å². The number of benzene rings is 1. The van der Waals surface area contributed by atoms with Crippen LogP contribution in [0.3, 0.4) is 0 Å². The fourth-order valence-electron chi connectivity index (χ4n) is 4.68. The maximum absolute atomic E-state index is 12.8. The van der Waals surface area contributed by atoms with Gasteiger partial charge in [0.25, 0.3) is 0 Å². The number of nitrogens with zero attached hydrogens (tertiary/aromatic N) is 4. The van der Waals surface area contributed by atoms with Crippen molar-refractivity contribution in [2.75, 3.05) is 44.0 Å². The highest BCUT2D eigenvalue weighted by Crippen LogP contribution is 2.32. The van der Waals surface area contributed by atoms with Crippen LogP contribution in [0.15, 0.2) is 24.4 Å². The van der Waals surface area contributed by atoms with Crippen LogP contribution in [0.5, 0.6) is 5.75 Å². The number of methoxy groups -OCH3 is 1. The molecule has 0 bridgehead atoms. The molecule has 0 spiro atoms. The highest BCUT2D eigenvalue weighted by atomic mass is 35.5. The molecule has 34 heavy (non-hydrogen) atoms. The summed E-state index contributed by atoms with van der Waals surface area (Å²) in [5.41, 5.74) is 0.915. The molecule has 0 unspecified atom stereocenters. The van der Waals surface area contributed by atoms with E-state index in [4.69, 9.17) is 32.9 Å². The van der Waals surface area contributed by atoms with Crippen LogP contribution in [0.2, 0.25) is 10.0 Å². The number of aromatic nitrogens is 2. The summed E-state index contributed by atoms with van der Waals surface area (Å²) >= 11 is 12.4. The summed E-state index contributed by atoms with van der Waals surface area (Å²) in [6.07, 6.45) is 5.44. The van der Waals surface area contributed by atoms with Crippen LogP contribution in [-0.4, -0.2) is 66.7 Å². The zero-order valence-corrected chi connectivity index (χ0v) is 21.4. The molecule has 2 atom stereocenters. The molecule has 4 rings (SSSR count). The lowest BCUT2D eigenvalue weighted by Gasteiger charge is -2.37. The number of anilines is 2. The number of carbonyl (C=O) groups excluding carboxylic acids is 1. The maximum atomic E-state index is 12.8. The summed E-state index contributed by atoms with van der Waals surface area (Å²) in [5.74, 6) is 2.01. The number of rotatable bonds is 7. The van der Waals surface area contributed by atoms with Crippen LogP contribution in [0.4, 0.5) is 11.8 Å². The molecule has 1 amide bonds. The first kappa shape index (κ1) is 24.8. The molecular weight excluding hydrogens is 475 g/mol. The van der Waals surface area contributed by atoms with Gasteiger partial charge in [0.05, 0.1) is 25.4 Å². The van der Waals surface area contributed by atoms with Crippen molar-refractivity contribution < 1.29 is 9.53 Å². The molecule has 0 saturated carbocycles. The highest BCUT2D eigenvalue weighted by molar-refractivity contribution is 6.35. The smallest absolute Gasteiger partial charge is 0.239 e. The van der Waals surface area contributed by atoms with Gasteiger partial charge in [-0.25, -0.2) is 4.98 Å². The van der Waals surface area contributed by atoms with Gasteiger partial charge < -0.3 is 25.2 Å². The van der Waals surface area contributed by atoms with Gasteiger partial charge in [-0.15, -0.1) is 0 Å². The predicted octanol–water partition coefficient (Wildman–Crippen LogP) is 4.14. The first-order valence-electron chi connectivity index (χ1n) is 11.7. The summed E-state index contributed by atoms with van der Waals surface area (Å²) in [6.45, 7) is 4.50. The largest absolute Gasteiger partial charge is 0.491 e. The van der Waals surface area contributed by atoms with Crippen molar-refractivity contribution in [3.63, 3.8) is 0 Å². The van der Waals surface area contributed by atoms with Crippen molar-refractivity contribution in [2.24, 2.45) is 0 Å². The van der Waals surface area contributed by atoms with E-state index >= 15 is 0 Å². The van der Waals surface area contributed by atoms with Gasteiger partial charge in [-0.05, 0) is 56.8 Å². The van der Waals surface area contributed by atoms with Gasteiger partial charge in [-0.2, -0.15) is 4.98 Å². The molecule has 184 valence electrons. The maximum Gasteiger partial charge on any atom is 0.239 e. The Morgan fingerprint density at radius 3 is 2.71 bits per heavy atom. The molecule has 2 aliphatic rings. The fourth-order valence-corrected chi connectivity index (χ4v) is 5.25. The van der Waals surface area contributed by atoms with Crippen molar-refractivity contribution in [3.8, 4) is 5.75 Å². The van der Waals surface area contributed by atoms with Gasteiger partial charge >= 0.3 is 0 Å². The molecule has 0 aliphatic carbocycles. The Morgan fingerprint density at radius 2 is 2.06 bits per heavy atom. The average Bonchev–Trinajstić information content (AvgIpc) is 3.38. The zero-order valence-electron chi connectivity index (χ0n) is 19.9. The normalized spacial score (nSPS) is 19.7. The third-order valence-electron chi connectivity index (χ3n) is 6.75. The van der Waals surface area contributed by atoms with Gasteiger partial charge in [-0.3, -0.25) is 4.79 Å². The Labute approximate surface area is 211 Å². The van der Waals surface area contributed by atoms with E-state index in [1.54, 1.807) is 19.4 Å². The van der Waals surface area contributed by atoms with Crippen molar-refractivity contribution in [2.45, 2.75) is 50.7 Å². The molecule has 0 radical (unpaired) electrons. The van der Waals surface area contributed by atoms with E-state index in [1.807, 2.05) is 31.0 Å². The van der Waals surface area contributed by atoms with E-state index in [0.717, 1.165) is 50.9 Å². The van der Waals surface area contributed by atoms with E-state index in [9.17, 15) is 4.79 Å². The molecule has 8 nitrogen and oxygen atoms in total. The van der Waals surface area contributed by atoms with E-state index in [1.165, 1.54) is 0 Å². The minimum atomic E-state index is -0.115. The molecule has 3 heterocycles. The van der Waals surface area contributed by atoms with Gasteiger partial charge in [0.2, 0.25) is 11.9 Å². The number of carbonyl (C=O) groups is 1. The number of halogens is 2. The lowest BCUT2D eigenvalue weighted by atomic mass is 10.0. The SMILES string of the molecule is COc1cnc(N2CCC(N(C)C(=O)[C@H]3CCCN3)CC2)nc1N[C@H](C)c1ccc(Cl)cc1Cl. The second-order valence-electron chi connectivity index (χ2n) is 8.94. The van der Waals surface area contributed by atoms with E-state index in [-0.39, 0.29) is 24.0 Å². The zero-order chi connectivity index (χ0) is 24.2. The first-order chi connectivity index (χ1) is 16.4. The molecule has 1 aromatic heterocycles. The lowest BCUT2D eigenvalue weighted by molar-refractivity contribution is -0.134. The van der Waals surface area contributed by atoms with Crippen molar-refractivity contribution >= 4 is 40.9 Å². The average molecular weight is 507 g/mol. The Morgan fingerprint density at radius 1 is 1.29 bits per heavy atom. The third kappa shape index (κ3) is 5.50. The molecule has 2 N–H and O–H groups in total. The van der Waals surface area contributed by atoms with Crippen LogP contribution in [0.25, 0.3) is 0 Å². The molecular formula is C24H32Cl2N6O2. The summed E-state index contributed by atoms with van der Waals surface area (Å²) in [6, 6.07) is 5.54. The summed E-state index contributed by atoms with van der Waals surface area (Å²) in [5, 5.41) is 7.89. The second kappa shape index (κ2) is 11.0. The van der Waals surface area contributed by atoms with Crippen molar-refractivity contribution in [1.29, 1.82) is 0 Å². The fraction of sp³-hybridized carbons (Fsp3) is 0.542. The monoisotopic (exact) mass is 506 g/mol. The minimum absolute atomic E-state index is 0.0299. The molecule has 2 aliphatic heterocycles. The van der Waals surface area contributed by atoms with E-state index < -0.39 is 0 Å². The first-order valence-corrected chi connectivity index (χ1v) is 12.5. The summed E-state index contributed by atoms with van der Waals surface area (Å²) in [4.78, 5) is 26.1. The van der Waals surface area contributed by atoms with Gasteiger partial charge in [0.1, 0.15) is 0 Å². The number of hydrogen-bond acceptors (Lipinski definition) is 7. The molecule has 2 fully saturated rings. The van der Waals surface area contributed by atoms with Crippen LogP contribution < -0.4 is 20.3 Å². The Balaban J connectivity index is 1.42. The summed E-state index contributed by atoms with van der Waals surface area (Å²) in [7, 11) is 3.53. The molecule has 1 aromatic carbocycles. The third-order valence-corrected chi connectivity index (χ3v) is 7.31. The summed E-state index contributed by atoms with van der Waals surface area (Å²) < 4.78 is 5.49. The van der Waals surface area contributed by atoms with E-state index in [2.05, 4.69) is 20.5 Å². The van der Waals surface area contributed by atoms with Crippen molar-refractivity contribution in [1.82, 2.24) is 20.2 Å². The number of nitrogens with one attached hydrogen (secondary N) is 2. The van der Waals surface area contributed by atoms with Crippen LogP contribution in [0, 0.1) is 0 Å². The van der Waals surface area contributed by atoms with Crippen molar-refractivity contribution in [3.05, 3.63) is 40.0 Å². The number of ether oxygens (including phenoxy) is 1. The molecule has 10 heteroatoms. The van der Waals surface area contributed by atoms with Gasteiger partial charge in [-0.1, -0.05) is 29.3 Å². The van der Waals surface area contributed by atoms with Gasteiger partial charge in [0, 0.05) is 36.2 Å². The lowest BCUT2D eigenvalue weighted by Crippen LogP contribution is -2.50. The predicted molar refractivity (Wildman–Crippen MR) is 136 cm³/mol. The Hall–Kier alpha value is -2.29. The minimum Gasteiger partial charge on any atom is -0.491 e. The standard InChI is InChI=1S/C24H32Cl2N6O2/c1-15(18-7-6-16(25)13-19(18)26)29-22-21(34-3)14-28-24(30-22)32-11-8-17(9-12-32)31(2)23(33)20-5-4-10-27-20/h6-7,13-15,17,20,27H,4-5,8-12H2,1-3H3,(H,28,29,30)/t15-,20-/m1/s1. The van der Waals surface area contributed by atoms with E-state index in [0.29, 0.717) is 27.6 Å². The highest BCUT2D eigenvalue weighted by Gasteiger charge is 2.31. The number of amides is 1. The Bertz CT molecular complexity index is 1010. The second-order valence-corrected chi connectivity index (χ2v) is 9.78. The number of piperidine rings is 1. The number of hydrogen-bond donors (Lipinski definition) is 2. The number of likely N-dealkylation sites (N-methyl/N-ethyl adjacent to an activating group) is 1. The molecule has 2 saturated heterocycles. The quantitative estimate of drug-likeness (QED) is 0.583. The topological polar surface area (TPSA) is 82.6 Å². The van der Waals surface area contributed by atoms with Crippen LogP contribution in [0.1, 0.15) is 44.2 Å². The Kier molecular flexibility index (Phi) is 8.01.